The summed E-state index contributed by atoms with van der Waals surface area (Å²) in [4.78, 5) is 10.2. The van der Waals surface area contributed by atoms with Crippen LogP contribution in [0.1, 0.15) is 19.4 Å². The third kappa shape index (κ3) is 2.25. The van der Waals surface area contributed by atoms with Crippen molar-refractivity contribution < 1.29 is 4.92 Å². The van der Waals surface area contributed by atoms with Crippen LogP contribution >= 0.6 is 11.6 Å². The van der Waals surface area contributed by atoms with Crippen LogP contribution in [0.2, 0.25) is 5.02 Å². The van der Waals surface area contributed by atoms with E-state index in [1.54, 1.807) is 19.9 Å². The van der Waals surface area contributed by atoms with Gasteiger partial charge in [-0.1, -0.05) is 11.6 Å². The van der Waals surface area contributed by atoms with Crippen LogP contribution in [0, 0.1) is 21.4 Å². The number of nitro benzene ring substituents is 1. The highest BCUT2D eigenvalue weighted by Gasteiger charge is 2.28. The van der Waals surface area contributed by atoms with Crippen LogP contribution in [0.5, 0.6) is 0 Å². The molecule has 0 amide bonds. The zero-order valence-corrected chi connectivity index (χ0v) is 9.08. The molecule has 0 aliphatic carbocycles. The van der Waals surface area contributed by atoms with Crippen molar-refractivity contribution in [2.75, 3.05) is 0 Å². The molecule has 4 nitrogen and oxygen atoms in total. The van der Waals surface area contributed by atoms with E-state index in [4.69, 9.17) is 16.9 Å². The highest BCUT2D eigenvalue weighted by molar-refractivity contribution is 6.30. The third-order valence-corrected chi connectivity index (χ3v) is 2.34. The normalized spacial score (nSPS) is 10.8. The molecule has 0 fully saturated rings. The number of hydrogen-bond donors (Lipinski definition) is 0. The fourth-order valence-corrected chi connectivity index (χ4v) is 1.41. The molecule has 0 aromatic heterocycles. The maximum atomic E-state index is 10.8. The van der Waals surface area contributed by atoms with E-state index < -0.39 is 10.3 Å². The van der Waals surface area contributed by atoms with Crippen molar-refractivity contribution in [2.24, 2.45) is 0 Å². The SMILES string of the molecule is CC(C)(C#N)c1ccc(Cl)cc1[N+](=O)[O-]. The average molecular weight is 225 g/mol. The zero-order valence-electron chi connectivity index (χ0n) is 8.32. The Hall–Kier alpha value is -1.60. The Morgan fingerprint density at radius 3 is 2.60 bits per heavy atom. The second-order valence-corrected chi connectivity index (χ2v) is 4.09. The summed E-state index contributed by atoms with van der Waals surface area (Å²) in [6.07, 6.45) is 0. The van der Waals surface area contributed by atoms with Gasteiger partial charge in [-0.3, -0.25) is 10.1 Å². The quantitative estimate of drug-likeness (QED) is 0.573. The van der Waals surface area contributed by atoms with Crippen LogP contribution in [0.3, 0.4) is 0 Å². The molecule has 0 saturated heterocycles. The molecule has 0 aliphatic rings. The Labute approximate surface area is 92.2 Å². The predicted molar refractivity (Wildman–Crippen MR) is 56.7 cm³/mol. The van der Waals surface area contributed by atoms with Gasteiger partial charge in [0, 0.05) is 16.7 Å². The molecule has 0 unspecified atom stereocenters. The summed E-state index contributed by atoms with van der Waals surface area (Å²) >= 11 is 5.67. The number of nitriles is 1. The molecule has 0 heterocycles. The van der Waals surface area contributed by atoms with Crippen LogP contribution in [-0.2, 0) is 5.41 Å². The van der Waals surface area contributed by atoms with Gasteiger partial charge in [-0.2, -0.15) is 5.26 Å². The van der Waals surface area contributed by atoms with Crippen molar-refractivity contribution in [3.05, 3.63) is 38.9 Å². The van der Waals surface area contributed by atoms with Crippen molar-refractivity contribution >= 4 is 17.3 Å². The molecule has 1 aromatic rings. The highest BCUT2D eigenvalue weighted by Crippen LogP contribution is 2.32. The topological polar surface area (TPSA) is 66.9 Å². The fourth-order valence-electron chi connectivity index (χ4n) is 1.24. The summed E-state index contributed by atoms with van der Waals surface area (Å²) in [5.74, 6) is 0. The first-order chi connectivity index (χ1) is 6.88. The molecule has 1 aromatic carbocycles. The molecule has 0 radical (unpaired) electrons. The zero-order chi connectivity index (χ0) is 11.6. The van der Waals surface area contributed by atoms with Crippen LogP contribution in [0.4, 0.5) is 5.69 Å². The van der Waals surface area contributed by atoms with Crippen LogP contribution in [0.15, 0.2) is 18.2 Å². The summed E-state index contributed by atoms with van der Waals surface area (Å²) < 4.78 is 0. The van der Waals surface area contributed by atoms with Gasteiger partial charge in [0.2, 0.25) is 0 Å². The summed E-state index contributed by atoms with van der Waals surface area (Å²) in [7, 11) is 0. The van der Waals surface area contributed by atoms with Crippen molar-refractivity contribution in [1.29, 1.82) is 5.26 Å². The van der Waals surface area contributed by atoms with Crippen LogP contribution in [-0.4, -0.2) is 4.92 Å². The first-order valence-electron chi connectivity index (χ1n) is 4.24. The summed E-state index contributed by atoms with van der Waals surface area (Å²) in [5, 5.41) is 20.0. The number of hydrogen-bond acceptors (Lipinski definition) is 3. The van der Waals surface area contributed by atoms with Gasteiger partial charge in [0.15, 0.2) is 0 Å². The number of nitrogens with zero attached hydrogens (tertiary/aromatic N) is 2. The Kier molecular flexibility index (Phi) is 2.96. The molecule has 5 heteroatoms. The number of rotatable bonds is 2. The lowest BCUT2D eigenvalue weighted by Crippen LogP contribution is -2.15. The monoisotopic (exact) mass is 224 g/mol. The molecule has 15 heavy (non-hydrogen) atoms. The Morgan fingerprint density at radius 2 is 2.13 bits per heavy atom. The molecule has 0 aliphatic heterocycles. The second kappa shape index (κ2) is 3.87. The van der Waals surface area contributed by atoms with Crippen LogP contribution < -0.4 is 0 Å². The van der Waals surface area contributed by atoms with Crippen molar-refractivity contribution in [2.45, 2.75) is 19.3 Å². The van der Waals surface area contributed by atoms with E-state index in [9.17, 15) is 10.1 Å². The van der Waals surface area contributed by atoms with Gasteiger partial charge in [0.1, 0.15) is 0 Å². The lowest BCUT2D eigenvalue weighted by atomic mass is 9.85. The molecule has 0 atom stereocenters. The predicted octanol–water partition coefficient (Wildman–Crippen LogP) is 3.05. The number of nitro groups is 1. The van der Waals surface area contributed by atoms with Crippen LogP contribution in [0.25, 0.3) is 0 Å². The first-order valence-corrected chi connectivity index (χ1v) is 4.62. The van der Waals surface area contributed by atoms with E-state index in [0.717, 1.165) is 0 Å². The van der Waals surface area contributed by atoms with Crippen molar-refractivity contribution in [3.63, 3.8) is 0 Å². The Balaban J connectivity index is 3.44. The lowest BCUT2D eigenvalue weighted by Gasteiger charge is -2.15. The smallest absolute Gasteiger partial charge is 0.258 e. The summed E-state index contributed by atoms with van der Waals surface area (Å²) in [5.41, 5.74) is -0.638. The Morgan fingerprint density at radius 1 is 1.53 bits per heavy atom. The number of benzene rings is 1. The molecule has 1 rings (SSSR count). The molecule has 0 saturated carbocycles. The first kappa shape index (κ1) is 11.5. The maximum absolute atomic E-state index is 10.8. The summed E-state index contributed by atoms with van der Waals surface area (Å²) in [6, 6.07) is 6.35. The largest absolute Gasteiger partial charge is 0.275 e. The maximum Gasteiger partial charge on any atom is 0.275 e. The van der Waals surface area contributed by atoms with Gasteiger partial charge in [-0.05, 0) is 26.0 Å². The van der Waals surface area contributed by atoms with Gasteiger partial charge >= 0.3 is 0 Å². The van der Waals surface area contributed by atoms with Crippen molar-refractivity contribution in [1.82, 2.24) is 0 Å². The molecular formula is C10H9ClN2O2. The minimum atomic E-state index is -0.896. The highest BCUT2D eigenvalue weighted by atomic mass is 35.5. The van der Waals surface area contributed by atoms with Crippen molar-refractivity contribution in [3.8, 4) is 6.07 Å². The lowest BCUT2D eigenvalue weighted by molar-refractivity contribution is -0.385. The average Bonchev–Trinajstić information content (AvgIpc) is 2.17. The van der Waals surface area contributed by atoms with Gasteiger partial charge in [-0.15, -0.1) is 0 Å². The Bertz CT molecular complexity index is 449. The standard InChI is InChI=1S/C10H9ClN2O2/c1-10(2,6-12)8-4-3-7(11)5-9(8)13(14)15/h3-5H,1-2H3. The molecule has 0 N–H and O–H groups in total. The third-order valence-electron chi connectivity index (χ3n) is 2.11. The molecule has 0 spiro atoms. The van der Waals surface area contributed by atoms with E-state index >= 15 is 0 Å². The minimum absolute atomic E-state index is 0.117. The van der Waals surface area contributed by atoms with Gasteiger partial charge in [-0.25, -0.2) is 0 Å². The van der Waals surface area contributed by atoms with E-state index in [0.29, 0.717) is 10.6 Å². The van der Waals surface area contributed by atoms with Gasteiger partial charge < -0.3 is 0 Å². The van der Waals surface area contributed by atoms with E-state index in [-0.39, 0.29) is 5.69 Å². The van der Waals surface area contributed by atoms with E-state index in [2.05, 4.69) is 0 Å². The minimum Gasteiger partial charge on any atom is -0.258 e. The second-order valence-electron chi connectivity index (χ2n) is 3.66. The molecule has 0 bridgehead atoms. The number of halogens is 1. The van der Waals surface area contributed by atoms with Gasteiger partial charge in [0.05, 0.1) is 16.4 Å². The molecule has 78 valence electrons. The fraction of sp³-hybridized carbons (Fsp3) is 0.300. The van der Waals surface area contributed by atoms with E-state index in [1.807, 2.05) is 6.07 Å². The van der Waals surface area contributed by atoms with Gasteiger partial charge in [0.25, 0.3) is 5.69 Å². The van der Waals surface area contributed by atoms with E-state index in [1.165, 1.54) is 12.1 Å². The summed E-state index contributed by atoms with van der Waals surface area (Å²) in [6.45, 7) is 3.26. The molecular weight excluding hydrogens is 216 g/mol.